The first-order chi connectivity index (χ1) is 12.0. The van der Waals surface area contributed by atoms with E-state index in [0.717, 1.165) is 25.7 Å². The van der Waals surface area contributed by atoms with E-state index in [1.54, 1.807) is 6.92 Å². The Balaban J connectivity index is 1.88. The van der Waals surface area contributed by atoms with Gasteiger partial charge in [-0.05, 0) is 50.3 Å². The number of nitro groups is 1. The van der Waals surface area contributed by atoms with Crippen molar-refractivity contribution in [2.45, 2.75) is 44.8 Å². The summed E-state index contributed by atoms with van der Waals surface area (Å²) in [6.07, 6.45) is 3.68. The Morgan fingerprint density at radius 3 is 2.48 bits per heavy atom. The predicted molar refractivity (Wildman–Crippen MR) is 88.6 cm³/mol. The normalized spacial score (nSPS) is 20.8. The molecule has 0 spiro atoms. The van der Waals surface area contributed by atoms with Crippen molar-refractivity contribution in [3.05, 3.63) is 51.2 Å². The number of nitrogens with zero attached hydrogens (tertiary/aromatic N) is 1. The monoisotopic (exact) mass is 345 g/mol. The van der Waals surface area contributed by atoms with Crippen molar-refractivity contribution in [3.8, 4) is 0 Å². The average Bonchev–Trinajstić information content (AvgIpc) is 3.07. The van der Waals surface area contributed by atoms with Crippen LogP contribution in [0.2, 0.25) is 0 Å². The quantitative estimate of drug-likeness (QED) is 0.495. The highest BCUT2D eigenvalue weighted by atomic mass is 16.6. The lowest BCUT2D eigenvalue weighted by Crippen LogP contribution is -2.45. The first-order valence-corrected chi connectivity index (χ1v) is 8.19. The smallest absolute Gasteiger partial charge is 0.338 e. The molecule has 0 saturated heterocycles. The molecule has 0 unspecified atom stereocenters. The van der Waals surface area contributed by atoms with Gasteiger partial charge in [0, 0.05) is 17.8 Å². The molecule has 1 aromatic rings. The lowest BCUT2D eigenvalue weighted by atomic mass is 9.95. The number of esters is 1. The van der Waals surface area contributed by atoms with Gasteiger partial charge >= 0.3 is 12.0 Å². The molecule has 1 saturated carbocycles. The van der Waals surface area contributed by atoms with E-state index in [2.05, 4.69) is 10.6 Å². The van der Waals surface area contributed by atoms with Gasteiger partial charge < -0.3 is 15.4 Å². The van der Waals surface area contributed by atoms with Gasteiger partial charge in [0.2, 0.25) is 0 Å². The van der Waals surface area contributed by atoms with E-state index >= 15 is 0 Å². The summed E-state index contributed by atoms with van der Waals surface area (Å²) < 4.78 is 5.57. The van der Waals surface area contributed by atoms with Gasteiger partial charge in [0.25, 0.3) is 5.69 Å². The second-order valence-electron chi connectivity index (χ2n) is 6.23. The van der Waals surface area contributed by atoms with Crippen LogP contribution in [-0.2, 0) is 9.53 Å². The molecule has 132 valence electrons. The summed E-state index contributed by atoms with van der Waals surface area (Å²) in [6, 6.07) is 4.62. The largest absolute Gasteiger partial charge is 0.459 e. The summed E-state index contributed by atoms with van der Waals surface area (Å²) in [6.45, 7) is 1.64. The zero-order valence-electron chi connectivity index (χ0n) is 13.8. The lowest BCUT2D eigenvalue weighted by molar-refractivity contribution is -0.384. The fourth-order valence-corrected chi connectivity index (χ4v) is 3.22. The van der Waals surface area contributed by atoms with Crippen molar-refractivity contribution < 1.29 is 19.2 Å². The number of rotatable bonds is 4. The second-order valence-corrected chi connectivity index (χ2v) is 6.23. The maximum Gasteiger partial charge on any atom is 0.338 e. The molecule has 1 aliphatic carbocycles. The topological polar surface area (TPSA) is 111 Å². The zero-order valence-corrected chi connectivity index (χ0v) is 13.8. The van der Waals surface area contributed by atoms with Gasteiger partial charge in [-0.2, -0.15) is 0 Å². The third kappa shape index (κ3) is 3.62. The molecule has 1 aromatic carbocycles. The Morgan fingerprint density at radius 1 is 1.24 bits per heavy atom. The Morgan fingerprint density at radius 2 is 1.88 bits per heavy atom. The van der Waals surface area contributed by atoms with Gasteiger partial charge in [-0.25, -0.2) is 9.59 Å². The molecule has 3 rings (SSSR count). The maximum absolute atomic E-state index is 12.7. The van der Waals surface area contributed by atoms with Crippen LogP contribution in [0.4, 0.5) is 10.5 Å². The van der Waals surface area contributed by atoms with Crippen LogP contribution in [0.5, 0.6) is 0 Å². The molecule has 1 fully saturated rings. The molecule has 0 radical (unpaired) electrons. The van der Waals surface area contributed by atoms with Crippen LogP contribution < -0.4 is 10.6 Å². The molecular formula is C17H19N3O5. The van der Waals surface area contributed by atoms with Gasteiger partial charge in [0.15, 0.2) is 0 Å². The van der Waals surface area contributed by atoms with E-state index in [4.69, 9.17) is 4.74 Å². The number of hydrogen-bond donors (Lipinski definition) is 2. The van der Waals surface area contributed by atoms with Crippen molar-refractivity contribution in [3.63, 3.8) is 0 Å². The number of nitro benzene ring substituents is 1. The minimum absolute atomic E-state index is 0.0557. The van der Waals surface area contributed by atoms with Crippen molar-refractivity contribution in [1.82, 2.24) is 10.6 Å². The summed E-state index contributed by atoms with van der Waals surface area (Å²) in [5, 5.41) is 16.1. The molecule has 2 aliphatic rings. The van der Waals surface area contributed by atoms with E-state index in [-0.39, 0.29) is 11.8 Å². The molecule has 2 N–H and O–H groups in total. The number of amides is 2. The van der Waals surface area contributed by atoms with E-state index in [9.17, 15) is 19.7 Å². The lowest BCUT2D eigenvalue weighted by Gasteiger charge is -2.28. The summed E-state index contributed by atoms with van der Waals surface area (Å²) in [7, 11) is 0. The van der Waals surface area contributed by atoms with Gasteiger partial charge in [-0.15, -0.1) is 0 Å². The fraction of sp³-hybridized carbons (Fsp3) is 0.412. The molecule has 8 heteroatoms. The molecule has 0 bridgehead atoms. The van der Waals surface area contributed by atoms with Crippen LogP contribution in [0.25, 0.3) is 0 Å². The Labute approximate surface area is 144 Å². The van der Waals surface area contributed by atoms with Gasteiger partial charge in [-0.1, -0.05) is 0 Å². The number of urea groups is 1. The third-order valence-corrected chi connectivity index (χ3v) is 4.50. The fourth-order valence-electron chi connectivity index (χ4n) is 3.22. The molecule has 1 heterocycles. The van der Waals surface area contributed by atoms with Crippen molar-refractivity contribution >= 4 is 17.7 Å². The molecule has 1 atom stereocenters. The Bertz CT molecular complexity index is 735. The van der Waals surface area contributed by atoms with Gasteiger partial charge in [-0.3, -0.25) is 10.1 Å². The molecule has 1 aliphatic heterocycles. The number of carbonyl (C=O) groups excluding carboxylic acids is 2. The standard InChI is InChI=1S/C17H19N3O5/c1-10-14(16(21)25-13-4-2-3-5-13)15(19-17(22)18-10)11-6-8-12(9-7-11)20(23)24/h6-9,13,15H,2-5H2,1H3,(H2,18,19,22)/t15-/m0/s1. The van der Waals surface area contributed by atoms with Crippen LogP contribution >= 0.6 is 0 Å². The Kier molecular flexibility index (Phi) is 4.69. The molecular weight excluding hydrogens is 326 g/mol. The number of non-ortho nitro benzene ring substituents is 1. The highest BCUT2D eigenvalue weighted by molar-refractivity contribution is 5.95. The minimum Gasteiger partial charge on any atom is -0.459 e. The number of hydrogen-bond acceptors (Lipinski definition) is 5. The summed E-state index contributed by atoms with van der Waals surface area (Å²) >= 11 is 0. The number of nitrogens with one attached hydrogen (secondary N) is 2. The molecule has 0 aromatic heterocycles. The van der Waals surface area contributed by atoms with Crippen molar-refractivity contribution in [2.24, 2.45) is 0 Å². The van der Waals surface area contributed by atoms with E-state index in [1.165, 1.54) is 24.3 Å². The van der Waals surface area contributed by atoms with Crippen LogP contribution in [0.1, 0.15) is 44.2 Å². The van der Waals surface area contributed by atoms with Crippen LogP contribution in [0.3, 0.4) is 0 Å². The predicted octanol–water partition coefficient (Wildman–Crippen LogP) is 2.71. The highest BCUT2D eigenvalue weighted by Crippen LogP contribution is 2.30. The maximum atomic E-state index is 12.7. The number of benzene rings is 1. The molecule has 2 amide bonds. The first kappa shape index (κ1) is 16.9. The third-order valence-electron chi connectivity index (χ3n) is 4.50. The highest BCUT2D eigenvalue weighted by Gasteiger charge is 2.34. The average molecular weight is 345 g/mol. The van der Waals surface area contributed by atoms with Gasteiger partial charge in [0.05, 0.1) is 16.5 Å². The van der Waals surface area contributed by atoms with Gasteiger partial charge in [0.1, 0.15) is 6.10 Å². The molecule has 25 heavy (non-hydrogen) atoms. The first-order valence-electron chi connectivity index (χ1n) is 8.19. The summed E-state index contributed by atoms with van der Waals surface area (Å²) in [5.41, 5.74) is 1.27. The SMILES string of the molecule is CC1=C(C(=O)OC2CCCC2)[C@H](c2ccc([N+](=O)[O-])cc2)NC(=O)N1. The van der Waals surface area contributed by atoms with Crippen molar-refractivity contribution in [1.29, 1.82) is 0 Å². The van der Waals surface area contributed by atoms with E-state index < -0.39 is 23.0 Å². The zero-order chi connectivity index (χ0) is 18.0. The number of carbonyl (C=O) groups is 2. The Hall–Kier alpha value is -2.90. The second kappa shape index (κ2) is 6.92. The minimum atomic E-state index is -0.705. The van der Waals surface area contributed by atoms with E-state index in [1.807, 2.05) is 0 Å². The van der Waals surface area contributed by atoms with E-state index in [0.29, 0.717) is 16.8 Å². The summed E-state index contributed by atoms with van der Waals surface area (Å²) in [4.78, 5) is 34.8. The summed E-state index contributed by atoms with van der Waals surface area (Å²) in [5.74, 6) is -0.472. The molecule has 8 nitrogen and oxygen atoms in total. The van der Waals surface area contributed by atoms with Crippen molar-refractivity contribution in [2.75, 3.05) is 0 Å². The van der Waals surface area contributed by atoms with Crippen LogP contribution in [-0.4, -0.2) is 23.0 Å². The number of ether oxygens (including phenoxy) is 1. The van der Waals surface area contributed by atoms with Crippen LogP contribution in [0.15, 0.2) is 35.5 Å². The van der Waals surface area contributed by atoms with Crippen LogP contribution in [0, 0.1) is 10.1 Å². The number of allylic oxidation sites excluding steroid dienone is 1.